The Morgan fingerprint density at radius 1 is 0.962 bits per heavy atom. The van der Waals surface area contributed by atoms with Gasteiger partial charge in [0.05, 0.1) is 6.10 Å². The van der Waals surface area contributed by atoms with Gasteiger partial charge in [0, 0.05) is 11.3 Å². The molecule has 0 saturated carbocycles. The lowest BCUT2D eigenvalue weighted by Gasteiger charge is -2.16. The number of hydrogen-bond acceptors (Lipinski definition) is 4. The van der Waals surface area contributed by atoms with Gasteiger partial charge < -0.3 is 14.8 Å². The van der Waals surface area contributed by atoms with E-state index in [9.17, 15) is 9.59 Å². The molecule has 0 bridgehead atoms. The highest BCUT2D eigenvalue weighted by molar-refractivity contribution is 6.04. The molecule has 0 unspecified atom stereocenters. The Balaban J connectivity index is 2.01. The summed E-state index contributed by atoms with van der Waals surface area (Å²) in [6.07, 6.45) is -0.906. The molecule has 0 heterocycles. The molecule has 138 valence electrons. The standard InChI is InChI=1S/C21H25NO4/c1-13(2)25-21(24)16(5)26-18-11-9-17(10-12-18)20(23)22-19-8-6-7-14(3)15(19)4/h6-13,16H,1-5H3,(H,22,23)/t16-/m1/s1. The molecule has 0 spiro atoms. The Kier molecular flexibility index (Phi) is 6.39. The van der Waals surface area contributed by atoms with Gasteiger partial charge in [-0.15, -0.1) is 0 Å². The summed E-state index contributed by atoms with van der Waals surface area (Å²) in [5.41, 5.74) is 3.46. The maximum absolute atomic E-state index is 12.4. The summed E-state index contributed by atoms with van der Waals surface area (Å²) >= 11 is 0. The summed E-state index contributed by atoms with van der Waals surface area (Å²) in [5.74, 6) is -0.115. The maximum Gasteiger partial charge on any atom is 0.347 e. The van der Waals surface area contributed by atoms with Gasteiger partial charge in [-0.3, -0.25) is 4.79 Å². The van der Waals surface area contributed by atoms with Crippen LogP contribution in [0.25, 0.3) is 0 Å². The number of nitrogens with one attached hydrogen (secondary N) is 1. The molecule has 1 N–H and O–H groups in total. The van der Waals surface area contributed by atoms with Crippen LogP contribution < -0.4 is 10.1 Å². The van der Waals surface area contributed by atoms with E-state index in [2.05, 4.69) is 5.32 Å². The van der Waals surface area contributed by atoms with Gasteiger partial charge in [0.25, 0.3) is 5.91 Å². The van der Waals surface area contributed by atoms with E-state index in [0.717, 1.165) is 16.8 Å². The van der Waals surface area contributed by atoms with Crippen LogP contribution in [0.15, 0.2) is 42.5 Å². The van der Waals surface area contributed by atoms with E-state index in [1.807, 2.05) is 32.0 Å². The van der Waals surface area contributed by atoms with E-state index < -0.39 is 12.1 Å². The Labute approximate surface area is 154 Å². The number of rotatable bonds is 6. The van der Waals surface area contributed by atoms with E-state index in [0.29, 0.717) is 11.3 Å². The Morgan fingerprint density at radius 2 is 1.62 bits per heavy atom. The van der Waals surface area contributed by atoms with Crippen molar-refractivity contribution in [3.63, 3.8) is 0 Å². The first-order chi connectivity index (χ1) is 12.3. The molecule has 0 aliphatic heterocycles. The normalized spacial score (nSPS) is 11.8. The van der Waals surface area contributed by atoms with Gasteiger partial charge in [-0.05, 0) is 76.1 Å². The van der Waals surface area contributed by atoms with Crippen molar-refractivity contribution in [3.8, 4) is 5.75 Å². The Morgan fingerprint density at radius 3 is 2.23 bits per heavy atom. The predicted octanol–water partition coefficient (Wildman–Crippen LogP) is 4.27. The second kappa shape index (κ2) is 8.52. The van der Waals surface area contributed by atoms with Crippen LogP contribution in [-0.4, -0.2) is 24.1 Å². The maximum atomic E-state index is 12.4. The third-order valence-corrected chi connectivity index (χ3v) is 3.97. The van der Waals surface area contributed by atoms with Crippen LogP contribution in [0.2, 0.25) is 0 Å². The van der Waals surface area contributed by atoms with Gasteiger partial charge in [0.1, 0.15) is 5.75 Å². The summed E-state index contributed by atoms with van der Waals surface area (Å²) in [7, 11) is 0. The van der Waals surface area contributed by atoms with Crippen molar-refractivity contribution in [2.75, 3.05) is 5.32 Å². The zero-order valence-corrected chi connectivity index (χ0v) is 15.8. The number of aryl methyl sites for hydroxylation is 1. The molecule has 2 aromatic rings. The van der Waals surface area contributed by atoms with Crippen LogP contribution in [-0.2, 0) is 9.53 Å². The van der Waals surface area contributed by atoms with E-state index >= 15 is 0 Å². The molecule has 2 aromatic carbocycles. The number of benzene rings is 2. The summed E-state index contributed by atoms with van der Waals surface area (Å²) in [6, 6.07) is 12.4. The predicted molar refractivity (Wildman–Crippen MR) is 102 cm³/mol. The minimum atomic E-state index is -0.716. The largest absolute Gasteiger partial charge is 0.479 e. The first-order valence-corrected chi connectivity index (χ1v) is 8.62. The quantitative estimate of drug-likeness (QED) is 0.786. The number of ether oxygens (including phenoxy) is 2. The molecular weight excluding hydrogens is 330 g/mol. The molecule has 5 nitrogen and oxygen atoms in total. The van der Waals surface area contributed by atoms with Crippen LogP contribution in [0.5, 0.6) is 5.75 Å². The number of carbonyl (C=O) groups is 2. The number of carbonyl (C=O) groups excluding carboxylic acids is 2. The van der Waals surface area contributed by atoms with Crippen molar-refractivity contribution in [2.45, 2.75) is 46.8 Å². The van der Waals surface area contributed by atoms with Crippen molar-refractivity contribution < 1.29 is 19.1 Å². The molecule has 1 atom stereocenters. The Bertz CT molecular complexity index is 781. The highest BCUT2D eigenvalue weighted by atomic mass is 16.6. The zero-order valence-electron chi connectivity index (χ0n) is 15.8. The van der Waals surface area contributed by atoms with E-state index in [1.54, 1.807) is 45.0 Å². The van der Waals surface area contributed by atoms with Gasteiger partial charge >= 0.3 is 5.97 Å². The van der Waals surface area contributed by atoms with Gasteiger partial charge in [0.2, 0.25) is 0 Å². The fourth-order valence-corrected chi connectivity index (χ4v) is 2.35. The van der Waals surface area contributed by atoms with Crippen LogP contribution in [0.3, 0.4) is 0 Å². The third kappa shape index (κ3) is 5.09. The smallest absolute Gasteiger partial charge is 0.347 e. The average Bonchev–Trinajstić information content (AvgIpc) is 2.59. The number of amides is 1. The lowest BCUT2D eigenvalue weighted by atomic mass is 10.1. The molecule has 0 aromatic heterocycles. The minimum absolute atomic E-state index is 0.190. The average molecular weight is 355 g/mol. The second-order valence-electron chi connectivity index (χ2n) is 6.47. The fraction of sp³-hybridized carbons (Fsp3) is 0.333. The molecule has 0 aliphatic carbocycles. The first kappa shape index (κ1) is 19.5. The van der Waals surface area contributed by atoms with Crippen molar-refractivity contribution in [1.29, 1.82) is 0 Å². The van der Waals surface area contributed by atoms with Crippen LogP contribution in [0.1, 0.15) is 42.3 Å². The van der Waals surface area contributed by atoms with Crippen LogP contribution >= 0.6 is 0 Å². The third-order valence-electron chi connectivity index (χ3n) is 3.97. The summed E-state index contributed by atoms with van der Waals surface area (Å²) in [5, 5.41) is 2.91. The molecule has 0 fully saturated rings. The molecule has 0 aliphatic rings. The fourth-order valence-electron chi connectivity index (χ4n) is 2.35. The molecule has 5 heteroatoms. The highest BCUT2D eigenvalue weighted by Gasteiger charge is 2.18. The molecule has 0 radical (unpaired) electrons. The summed E-state index contributed by atoms with van der Waals surface area (Å²) in [6.45, 7) is 9.18. The molecule has 0 saturated heterocycles. The lowest BCUT2D eigenvalue weighted by molar-refractivity contribution is -0.154. The van der Waals surface area contributed by atoms with E-state index in [1.165, 1.54) is 0 Å². The summed E-state index contributed by atoms with van der Waals surface area (Å²) in [4.78, 5) is 24.2. The van der Waals surface area contributed by atoms with Gasteiger partial charge in [-0.25, -0.2) is 4.79 Å². The highest BCUT2D eigenvalue weighted by Crippen LogP contribution is 2.20. The lowest BCUT2D eigenvalue weighted by Crippen LogP contribution is -2.28. The van der Waals surface area contributed by atoms with E-state index in [-0.39, 0.29) is 12.0 Å². The van der Waals surface area contributed by atoms with Crippen molar-refractivity contribution in [2.24, 2.45) is 0 Å². The Hall–Kier alpha value is -2.82. The number of anilines is 1. The van der Waals surface area contributed by atoms with Gasteiger partial charge in [-0.2, -0.15) is 0 Å². The van der Waals surface area contributed by atoms with Crippen LogP contribution in [0, 0.1) is 13.8 Å². The molecular formula is C21H25NO4. The number of hydrogen-bond donors (Lipinski definition) is 1. The number of esters is 1. The van der Waals surface area contributed by atoms with E-state index in [4.69, 9.17) is 9.47 Å². The monoisotopic (exact) mass is 355 g/mol. The SMILES string of the molecule is Cc1cccc(NC(=O)c2ccc(O[C@H](C)C(=O)OC(C)C)cc2)c1C. The van der Waals surface area contributed by atoms with Crippen LogP contribution in [0.4, 0.5) is 5.69 Å². The van der Waals surface area contributed by atoms with Crippen molar-refractivity contribution in [1.82, 2.24) is 0 Å². The first-order valence-electron chi connectivity index (χ1n) is 8.62. The van der Waals surface area contributed by atoms with Gasteiger partial charge in [0.15, 0.2) is 6.10 Å². The summed E-state index contributed by atoms with van der Waals surface area (Å²) < 4.78 is 10.7. The molecule has 1 amide bonds. The molecule has 26 heavy (non-hydrogen) atoms. The molecule has 2 rings (SSSR count). The van der Waals surface area contributed by atoms with Crippen molar-refractivity contribution >= 4 is 17.6 Å². The second-order valence-corrected chi connectivity index (χ2v) is 6.47. The van der Waals surface area contributed by atoms with Crippen molar-refractivity contribution in [3.05, 3.63) is 59.2 Å². The zero-order chi connectivity index (χ0) is 19.3. The van der Waals surface area contributed by atoms with Gasteiger partial charge in [-0.1, -0.05) is 12.1 Å². The minimum Gasteiger partial charge on any atom is -0.479 e. The topological polar surface area (TPSA) is 64.6 Å².